The van der Waals surface area contributed by atoms with Crippen LogP contribution < -0.4 is 4.74 Å². The van der Waals surface area contributed by atoms with Crippen LogP contribution >= 0.6 is 0 Å². The molecule has 0 saturated carbocycles. The van der Waals surface area contributed by atoms with Crippen molar-refractivity contribution in [2.24, 2.45) is 0 Å². The standard InChI is InChI=1S/C17H26O4/c1-3-4-5-6-10-17(20-11-7-12-21-17)14-8-9-15(18)16(13-14)19-2/h8-9,13,18H,3-7,10-12H2,1-2H3. The van der Waals surface area contributed by atoms with Gasteiger partial charge in [-0.15, -0.1) is 0 Å². The largest absolute Gasteiger partial charge is 0.504 e. The number of phenolic OH excluding ortho intramolecular Hbond substituents is 1. The van der Waals surface area contributed by atoms with Crippen molar-refractivity contribution in [2.45, 2.75) is 51.2 Å². The number of aromatic hydroxyl groups is 1. The SMILES string of the molecule is CCCCCCC1(c2ccc(O)c(OC)c2)OCCCO1. The molecule has 2 rings (SSSR count). The van der Waals surface area contributed by atoms with Crippen molar-refractivity contribution >= 4 is 0 Å². The summed E-state index contributed by atoms with van der Waals surface area (Å²) in [6.45, 7) is 3.61. The predicted molar refractivity (Wildman–Crippen MR) is 81.6 cm³/mol. The number of ether oxygens (including phenoxy) is 3. The molecular weight excluding hydrogens is 268 g/mol. The van der Waals surface area contributed by atoms with Crippen LogP contribution in [0.25, 0.3) is 0 Å². The minimum Gasteiger partial charge on any atom is -0.504 e. The molecule has 0 spiro atoms. The Bertz CT molecular complexity index is 438. The van der Waals surface area contributed by atoms with E-state index in [1.807, 2.05) is 12.1 Å². The summed E-state index contributed by atoms with van der Waals surface area (Å²) in [5.41, 5.74) is 0.924. The number of hydrogen-bond acceptors (Lipinski definition) is 4. The second kappa shape index (κ2) is 7.66. The van der Waals surface area contributed by atoms with E-state index in [2.05, 4.69) is 6.92 Å². The Balaban J connectivity index is 2.18. The zero-order chi connectivity index (χ0) is 15.1. The Kier molecular flexibility index (Phi) is 5.88. The van der Waals surface area contributed by atoms with E-state index in [-0.39, 0.29) is 5.75 Å². The average molecular weight is 294 g/mol. The molecule has 4 nitrogen and oxygen atoms in total. The topological polar surface area (TPSA) is 47.9 Å². The molecule has 0 amide bonds. The van der Waals surface area contributed by atoms with Crippen LogP contribution in [0, 0.1) is 0 Å². The van der Waals surface area contributed by atoms with Gasteiger partial charge >= 0.3 is 0 Å². The summed E-state index contributed by atoms with van der Waals surface area (Å²) in [5.74, 6) is -0.0936. The first-order chi connectivity index (χ1) is 10.2. The van der Waals surface area contributed by atoms with E-state index in [1.165, 1.54) is 19.3 Å². The van der Waals surface area contributed by atoms with Crippen molar-refractivity contribution in [3.63, 3.8) is 0 Å². The summed E-state index contributed by atoms with van der Waals surface area (Å²) in [6.07, 6.45) is 6.45. The number of unbranched alkanes of at least 4 members (excludes halogenated alkanes) is 3. The van der Waals surface area contributed by atoms with Gasteiger partial charge in [0.15, 0.2) is 17.3 Å². The fourth-order valence-electron chi connectivity index (χ4n) is 2.73. The van der Waals surface area contributed by atoms with Gasteiger partial charge in [-0.3, -0.25) is 0 Å². The van der Waals surface area contributed by atoms with Crippen molar-refractivity contribution in [3.05, 3.63) is 23.8 Å². The molecule has 118 valence electrons. The monoisotopic (exact) mass is 294 g/mol. The van der Waals surface area contributed by atoms with E-state index in [9.17, 15) is 5.11 Å². The number of phenols is 1. The molecule has 0 unspecified atom stereocenters. The first kappa shape index (κ1) is 16.1. The molecule has 1 fully saturated rings. The lowest BCUT2D eigenvalue weighted by Gasteiger charge is -2.38. The highest BCUT2D eigenvalue weighted by Crippen LogP contribution is 2.39. The number of benzene rings is 1. The lowest BCUT2D eigenvalue weighted by Crippen LogP contribution is -2.38. The van der Waals surface area contributed by atoms with Gasteiger partial charge in [0.25, 0.3) is 0 Å². The van der Waals surface area contributed by atoms with Gasteiger partial charge in [0.05, 0.1) is 20.3 Å². The Morgan fingerprint density at radius 1 is 1.19 bits per heavy atom. The molecule has 1 aliphatic rings. The van der Waals surface area contributed by atoms with Crippen molar-refractivity contribution in [3.8, 4) is 11.5 Å². The molecule has 4 heteroatoms. The highest BCUT2D eigenvalue weighted by atomic mass is 16.7. The molecule has 0 bridgehead atoms. The minimum atomic E-state index is -0.688. The molecule has 0 atom stereocenters. The molecule has 1 saturated heterocycles. The maximum absolute atomic E-state index is 9.76. The normalized spacial score (nSPS) is 17.6. The van der Waals surface area contributed by atoms with E-state index in [1.54, 1.807) is 13.2 Å². The third-order valence-corrected chi connectivity index (χ3v) is 3.94. The lowest BCUT2D eigenvalue weighted by molar-refractivity contribution is -0.280. The van der Waals surface area contributed by atoms with Crippen LogP contribution in [0.2, 0.25) is 0 Å². The second-order valence-electron chi connectivity index (χ2n) is 5.50. The molecule has 1 aromatic carbocycles. The van der Waals surface area contributed by atoms with E-state index >= 15 is 0 Å². The average Bonchev–Trinajstić information content (AvgIpc) is 2.53. The van der Waals surface area contributed by atoms with E-state index in [0.717, 1.165) is 24.8 Å². The Hall–Kier alpha value is -1.26. The third-order valence-electron chi connectivity index (χ3n) is 3.94. The summed E-state index contributed by atoms with van der Waals surface area (Å²) in [7, 11) is 1.55. The number of rotatable bonds is 7. The molecule has 1 aliphatic heterocycles. The van der Waals surface area contributed by atoms with Crippen LogP contribution in [0.3, 0.4) is 0 Å². The minimum absolute atomic E-state index is 0.137. The molecule has 1 heterocycles. The van der Waals surface area contributed by atoms with Gasteiger partial charge in [-0.1, -0.05) is 26.2 Å². The summed E-state index contributed by atoms with van der Waals surface area (Å²) < 4.78 is 17.2. The lowest BCUT2D eigenvalue weighted by atomic mass is 9.97. The van der Waals surface area contributed by atoms with E-state index in [0.29, 0.717) is 19.0 Å². The fraction of sp³-hybridized carbons (Fsp3) is 0.647. The summed E-state index contributed by atoms with van der Waals surface area (Å²) >= 11 is 0. The van der Waals surface area contributed by atoms with Gasteiger partial charge in [-0.2, -0.15) is 0 Å². The first-order valence-corrected chi connectivity index (χ1v) is 7.87. The first-order valence-electron chi connectivity index (χ1n) is 7.87. The number of hydrogen-bond donors (Lipinski definition) is 1. The highest BCUT2D eigenvalue weighted by Gasteiger charge is 2.36. The van der Waals surface area contributed by atoms with Crippen LogP contribution in [0.4, 0.5) is 0 Å². The molecule has 1 N–H and O–H groups in total. The molecular formula is C17H26O4. The van der Waals surface area contributed by atoms with Crippen molar-refractivity contribution in [1.82, 2.24) is 0 Å². The third kappa shape index (κ3) is 3.89. The predicted octanol–water partition coefficient (Wildman–Crippen LogP) is 3.96. The van der Waals surface area contributed by atoms with Crippen LogP contribution in [0.1, 0.15) is 51.0 Å². The van der Waals surface area contributed by atoms with Gasteiger partial charge < -0.3 is 19.3 Å². The number of methoxy groups -OCH3 is 1. The highest BCUT2D eigenvalue weighted by molar-refractivity contribution is 5.43. The fourth-order valence-corrected chi connectivity index (χ4v) is 2.73. The second-order valence-corrected chi connectivity index (χ2v) is 5.50. The molecule has 0 aromatic heterocycles. The maximum Gasteiger partial charge on any atom is 0.194 e. The summed E-state index contributed by atoms with van der Waals surface area (Å²) in [6, 6.07) is 5.33. The van der Waals surface area contributed by atoms with Crippen LogP contribution in [0.5, 0.6) is 11.5 Å². The Labute approximate surface area is 127 Å². The van der Waals surface area contributed by atoms with Crippen LogP contribution in [-0.4, -0.2) is 25.4 Å². The zero-order valence-corrected chi connectivity index (χ0v) is 13.1. The van der Waals surface area contributed by atoms with Crippen LogP contribution in [-0.2, 0) is 15.3 Å². The van der Waals surface area contributed by atoms with Gasteiger partial charge in [-0.05, 0) is 31.0 Å². The van der Waals surface area contributed by atoms with E-state index in [4.69, 9.17) is 14.2 Å². The quantitative estimate of drug-likeness (QED) is 0.773. The Morgan fingerprint density at radius 3 is 2.62 bits per heavy atom. The van der Waals surface area contributed by atoms with Gasteiger partial charge in [0.1, 0.15) is 0 Å². The molecule has 0 radical (unpaired) electrons. The zero-order valence-electron chi connectivity index (χ0n) is 13.1. The summed E-state index contributed by atoms with van der Waals surface area (Å²) in [4.78, 5) is 0. The molecule has 1 aromatic rings. The summed E-state index contributed by atoms with van der Waals surface area (Å²) in [5, 5.41) is 9.76. The van der Waals surface area contributed by atoms with Crippen molar-refractivity contribution < 1.29 is 19.3 Å². The van der Waals surface area contributed by atoms with Crippen molar-refractivity contribution in [1.29, 1.82) is 0 Å². The van der Waals surface area contributed by atoms with Gasteiger partial charge in [-0.25, -0.2) is 0 Å². The van der Waals surface area contributed by atoms with Crippen molar-refractivity contribution in [2.75, 3.05) is 20.3 Å². The van der Waals surface area contributed by atoms with E-state index < -0.39 is 5.79 Å². The van der Waals surface area contributed by atoms with Gasteiger partial charge in [0.2, 0.25) is 0 Å². The Morgan fingerprint density at radius 2 is 1.95 bits per heavy atom. The maximum atomic E-state index is 9.76. The smallest absolute Gasteiger partial charge is 0.194 e. The van der Waals surface area contributed by atoms with Crippen LogP contribution in [0.15, 0.2) is 18.2 Å². The molecule has 0 aliphatic carbocycles. The molecule has 21 heavy (non-hydrogen) atoms. The van der Waals surface area contributed by atoms with Gasteiger partial charge in [0, 0.05) is 12.0 Å².